The van der Waals surface area contributed by atoms with Crippen molar-refractivity contribution in [3.63, 3.8) is 0 Å². The highest BCUT2D eigenvalue weighted by molar-refractivity contribution is 6.44. The molecule has 3 heterocycles. The van der Waals surface area contributed by atoms with E-state index in [0.717, 1.165) is 18.4 Å². The Morgan fingerprint density at radius 3 is 2.53 bits per heavy atom. The van der Waals surface area contributed by atoms with E-state index in [1.165, 1.54) is 21.9 Å². The van der Waals surface area contributed by atoms with Crippen LogP contribution in [0.3, 0.4) is 0 Å². The van der Waals surface area contributed by atoms with Gasteiger partial charge in [0.25, 0.3) is 11.8 Å². The van der Waals surface area contributed by atoms with Gasteiger partial charge < -0.3 is 14.5 Å². The molecule has 3 aliphatic heterocycles. The van der Waals surface area contributed by atoms with Crippen molar-refractivity contribution in [2.75, 3.05) is 26.8 Å². The van der Waals surface area contributed by atoms with Crippen LogP contribution in [0.25, 0.3) is 0 Å². The number of carbonyl (C=O) groups excluding carboxylic acids is 4. The Kier molecular flexibility index (Phi) is 4.71. The highest BCUT2D eigenvalue weighted by Crippen LogP contribution is 2.64. The Balaban J connectivity index is 1.38. The van der Waals surface area contributed by atoms with Crippen molar-refractivity contribution < 1.29 is 28.3 Å². The standard InChI is InChI=1S/C25H26FN3O5/c1-34-11-10-28-23(32)20-17-7-9-27(13-14-2-4-16(26)5-3-14)22(31)19(17)21(30)24(33)29(20)25(28)8-6-15-12-18(15)25/h2-5,15,18-19H,6-13H2,1H3/t15-,18+,19?,25?/m1/s1. The minimum Gasteiger partial charge on any atom is -0.383 e. The van der Waals surface area contributed by atoms with E-state index >= 15 is 0 Å². The van der Waals surface area contributed by atoms with E-state index in [2.05, 4.69) is 0 Å². The maximum absolute atomic E-state index is 13.7. The first kappa shape index (κ1) is 21.5. The van der Waals surface area contributed by atoms with Crippen LogP contribution in [0.15, 0.2) is 35.5 Å². The smallest absolute Gasteiger partial charge is 0.297 e. The fourth-order valence-electron chi connectivity index (χ4n) is 6.65. The molecule has 9 heteroatoms. The highest BCUT2D eigenvalue weighted by Gasteiger charge is 2.72. The third kappa shape index (κ3) is 2.79. The summed E-state index contributed by atoms with van der Waals surface area (Å²) in [6, 6.07) is 5.83. The Morgan fingerprint density at radius 1 is 1.12 bits per heavy atom. The molecule has 2 aliphatic carbocycles. The largest absolute Gasteiger partial charge is 0.383 e. The van der Waals surface area contributed by atoms with E-state index < -0.39 is 29.2 Å². The van der Waals surface area contributed by atoms with E-state index in [1.807, 2.05) is 0 Å². The monoisotopic (exact) mass is 467 g/mol. The number of piperidine rings is 1. The van der Waals surface area contributed by atoms with Gasteiger partial charge in [0.05, 0.1) is 6.61 Å². The number of carbonyl (C=O) groups is 4. The Labute approximate surface area is 196 Å². The molecule has 0 N–H and O–H groups in total. The SMILES string of the molecule is COCCN1C(=O)C2=C3CCN(Cc4ccc(F)cc4)C(=O)C3C(=O)C(=O)N2C12CC[C@@H]1C[C@@H]12. The lowest BCUT2D eigenvalue weighted by atomic mass is 9.81. The minimum atomic E-state index is -1.26. The average molecular weight is 467 g/mol. The molecule has 1 spiro atoms. The molecule has 2 unspecified atom stereocenters. The number of nitrogens with zero attached hydrogens (tertiary/aromatic N) is 3. The number of hydrogen-bond donors (Lipinski definition) is 0. The highest BCUT2D eigenvalue weighted by atomic mass is 19.1. The Hall–Kier alpha value is -3.07. The molecule has 0 aromatic heterocycles. The van der Waals surface area contributed by atoms with E-state index in [-0.39, 0.29) is 29.9 Å². The second-order valence-electron chi connectivity index (χ2n) is 9.92. The molecule has 4 fully saturated rings. The second-order valence-corrected chi connectivity index (χ2v) is 9.92. The summed E-state index contributed by atoms with van der Waals surface area (Å²) in [4.78, 5) is 58.8. The lowest BCUT2D eigenvalue weighted by molar-refractivity contribution is -0.157. The number of Topliss-reactive ketones (excluding diaryl/α,β-unsaturated/α-hetero) is 1. The van der Waals surface area contributed by atoms with Crippen molar-refractivity contribution in [2.45, 2.75) is 37.9 Å². The first-order valence-electron chi connectivity index (χ1n) is 11.8. The van der Waals surface area contributed by atoms with Crippen LogP contribution in [0.1, 0.15) is 31.2 Å². The summed E-state index contributed by atoms with van der Waals surface area (Å²) >= 11 is 0. The van der Waals surface area contributed by atoms with Crippen LogP contribution >= 0.6 is 0 Å². The zero-order valence-electron chi connectivity index (χ0n) is 19.0. The lowest BCUT2D eigenvalue weighted by Crippen LogP contribution is -2.61. The zero-order valence-corrected chi connectivity index (χ0v) is 19.0. The van der Waals surface area contributed by atoms with Gasteiger partial charge >= 0.3 is 0 Å². The van der Waals surface area contributed by atoms with Crippen molar-refractivity contribution in [2.24, 2.45) is 17.8 Å². The Morgan fingerprint density at radius 2 is 1.88 bits per heavy atom. The first-order chi connectivity index (χ1) is 16.4. The number of halogens is 1. The molecule has 0 radical (unpaired) electrons. The molecule has 1 aromatic rings. The third-order valence-corrected chi connectivity index (χ3v) is 8.27. The predicted molar refractivity (Wildman–Crippen MR) is 116 cm³/mol. The molecule has 5 aliphatic rings. The predicted octanol–water partition coefficient (Wildman–Crippen LogP) is 1.45. The first-order valence-corrected chi connectivity index (χ1v) is 11.8. The van der Waals surface area contributed by atoms with Gasteiger partial charge in [0.15, 0.2) is 0 Å². The molecule has 8 nitrogen and oxygen atoms in total. The quantitative estimate of drug-likeness (QED) is 0.483. The summed E-state index contributed by atoms with van der Waals surface area (Å²) in [5.41, 5.74) is 0.634. The summed E-state index contributed by atoms with van der Waals surface area (Å²) in [6.45, 7) is 1.20. The third-order valence-electron chi connectivity index (χ3n) is 8.27. The molecular weight excluding hydrogens is 441 g/mol. The topological polar surface area (TPSA) is 87.2 Å². The van der Waals surface area contributed by atoms with E-state index in [9.17, 15) is 23.6 Å². The maximum atomic E-state index is 13.7. The van der Waals surface area contributed by atoms with Gasteiger partial charge in [-0.05, 0) is 54.9 Å². The molecular formula is C25H26FN3O5. The van der Waals surface area contributed by atoms with Crippen molar-refractivity contribution in [3.8, 4) is 0 Å². The van der Waals surface area contributed by atoms with Crippen molar-refractivity contribution in [1.82, 2.24) is 14.7 Å². The number of ether oxygens (including phenoxy) is 1. The average Bonchev–Trinajstić information content (AvgIpc) is 3.47. The number of benzene rings is 1. The van der Waals surface area contributed by atoms with Crippen LogP contribution in [-0.2, 0) is 30.5 Å². The van der Waals surface area contributed by atoms with Crippen molar-refractivity contribution in [1.29, 1.82) is 0 Å². The van der Waals surface area contributed by atoms with Crippen molar-refractivity contribution >= 4 is 23.5 Å². The van der Waals surface area contributed by atoms with E-state index in [4.69, 9.17) is 4.74 Å². The van der Waals surface area contributed by atoms with Gasteiger partial charge in [0.1, 0.15) is 23.1 Å². The van der Waals surface area contributed by atoms with Crippen LogP contribution in [-0.4, -0.2) is 70.7 Å². The van der Waals surface area contributed by atoms with E-state index in [0.29, 0.717) is 44.0 Å². The molecule has 34 heavy (non-hydrogen) atoms. The number of rotatable bonds is 5. The minimum absolute atomic E-state index is 0.161. The second kappa shape index (κ2) is 7.46. The van der Waals surface area contributed by atoms with Gasteiger partial charge in [0, 0.05) is 32.7 Å². The number of hydrogen-bond acceptors (Lipinski definition) is 5. The summed E-state index contributed by atoms with van der Waals surface area (Å²) < 4.78 is 18.5. The fraction of sp³-hybridized carbons (Fsp3) is 0.520. The van der Waals surface area contributed by atoms with Crippen LogP contribution in [0, 0.1) is 23.6 Å². The number of likely N-dealkylation sites (tertiary alicyclic amines) is 1. The number of ketones is 1. The van der Waals surface area contributed by atoms with Gasteiger partial charge in [0.2, 0.25) is 11.7 Å². The molecule has 6 rings (SSSR count). The van der Waals surface area contributed by atoms with Crippen LogP contribution < -0.4 is 0 Å². The number of fused-ring (bicyclic) bond motifs is 5. The van der Waals surface area contributed by atoms with Crippen LogP contribution in [0.4, 0.5) is 4.39 Å². The Bertz CT molecular complexity index is 1150. The van der Waals surface area contributed by atoms with Gasteiger partial charge in [-0.3, -0.25) is 24.1 Å². The molecule has 3 amide bonds. The van der Waals surface area contributed by atoms with Gasteiger partial charge in [-0.2, -0.15) is 0 Å². The lowest BCUT2D eigenvalue weighted by Gasteiger charge is -2.44. The van der Waals surface area contributed by atoms with E-state index in [1.54, 1.807) is 24.1 Å². The van der Waals surface area contributed by atoms with Gasteiger partial charge in [-0.1, -0.05) is 12.1 Å². The molecule has 2 saturated heterocycles. The van der Waals surface area contributed by atoms with Gasteiger partial charge in [-0.25, -0.2) is 4.39 Å². The molecule has 0 bridgehead atoms. The molecule has 4 atom stereocenters. The summed E-state index contributed by atoms with van der Waals surface area (Å²) in [6.07, 6.45) is 2.83. The summed E-state index contributed by atoms with van der Waals surface area (Å²) in [7, 11) is 1.57. The van der Waals surface area contributed by atoms with Gasteiger partial charge in [-0.15, -0.1) is 0 Å². The van der Waals surface area contributed by atoms with Crippen molar-refractivity contribution in [3.05, 3.63) is 46.9 Å². The fourth-order valence-corrected chi connectivity index (χ4v) is 6.65. The summed E-state index contributed by atoms with van der Waals surface area (Å²) in [5.74, 6) is -3.25. The van der Waals surface area contributed by atoms with Crippen LogP contribution in [0.2, 0.25) is 0 Å². The molecule has 2 saturated carbocycles. The summed E-state index contributed by atoms with van der Waals surface area (Å²) in [5, 5.41) is 0. The zero-order chi connectivity index (χ0) is 23.8. The molecule has 1 aromatic carbocycles. The number of amides is 3. The van der Waals surface area contributed by atoms with Crippen LogP contribution in [0.5, 0.6) is 0 Å². The normalized spacial score (nSPS) is 32.1. The molecule has 178 valence electrons. The number of methoxy groups -OCH3 is 1. The maximum Gasteiger partial charge on any atom is 0.297 e.